The van der Waals surface area contributed by atoms with E-state index in [1.165, 1.54) is 6.26 Å². The van der Waals surface area contributed by atoms with Crippen LogP contribution in [0.5, 0.6) is 0 Å². The first-order valence-corrected chi connectivity index (χ1v) is 10.9. The maximum absolute atomic E-state index is 13.1. The summed E-state index contributed by atoms with van der Waals surface area (Å²) in [6.45, 7) is 0. The van der Waals surface area contributed by atoms with Gasteiger partial charge in [0.2, 0.25) is 5.91 Å². The van der Waals surface area contributed by atoms with E-state index in [1.54, 1.807) is 12.1 Å². The highest BCUT2D eigenvalue weighted by Gasteiger charge is 2.23. The molecular weight excluding hydrogens is 428 g/mol. The Morgan fingerprint density at radius 1 is 0.882 bits per heavy atom. The lowest BCUT2D eigenvalue weighted by Crippen LogP contribution is -2.45. The maximum Gasteiger partial charge on any atom is 0.287 e. The molecule has 0 fully saturated rings. The van der Waals surface area contributed by atoms with Crippen LogP contribution < -0.4 is 10.6 Å². The number of nitrogens with one attached hydrogen (secondary N) is 3. The second-order valence-electron chi connectivity index (χ2n) is 7.86. The van der Waals surface area contributed by atoms with Crippen LogP contribution in [0.3, 0.4) is 0 Å². The minimum Gasteiger partial charge on any atom is -0.459 e. The highest BCUT2D eigenvalue weighted by atomic mass is 16.3. The number of hydrogen-bond acceptors (Lipinski definition) is 4. The second-order valence-corrected chi connectivity index (χ2v) is 7.86. The van der Waals surface area contributed by atoms with Crippen molar-refractivity contribution in [2.24, 2.45) is 0 Å². The fourth-order valence-electron chi connectivity index (χ4n) is 3.73. The molecule has 0 aliphatic heterocycles. The molecule has 2 aromatic heterocycles. The number of rotatable bonds is 7. The molecule has 2 heterocycles. The van der Waals surface area contributed by atoms with E-state index in [2.05, 4.69) is 20.6 Å². The third kappa shape index (κ3) is 4.73. The van der Waals surface area contributed by atoms with Crippen molar-refractivity contribution in [1.82, 2.24) is 15.3 Å². The Bertz CT molecular complexity index is 1370. The molecule has 0 bridgehead atoms. The fraction of sp³-hybridized carbons (Fsp3) is 0.0741. The number of aromatic nitrogens is 2. The molecule has 0 saturated carbocycles. The summed E-state index contributed by atoms with van der Waals surface area (Å²) in [5.74, 6) is 0.148. The Kier molecular flexibility index (Phi) is 5.90. The smallest absolute Gasteiger partial charge is 0.287 e. The Morgan fingerprint density at radius 3 is 2.38 bits per heavy atom. The summed E-state index contributed by atoms with van der Waals surface area (Å²) in [6, 6.07) is 27.2. The van der Waals surface area contributed by atoms with Crippen molar-refractivity contribution in [3.8, 4) is 11.4 Å². The van der Waals surface area contributed by atoms with Gasteiger partial charge in [0.15, 0.2) is 5.76 Å². The molecule has 0 aliphatic rings. The SMILES string of the molecule is O=C(NC(Cc1ccccc1)C(=O)Nc1ccc(-c2nc3ccccc3[nH]2)cc1)c1ccco1. The average molecular weight is 450 g/mol. The van der Waals surface area contributed by atoms with Gasteiger partial charge in [-0.2, -0.15) is 0 Å². The largest absolute Gasteiger partial charge is 0.459 e. The number of fused-ring (bicyclic) bond motifs is 1. The number of furan rings is 1. The third-order valence-corrected chi connectivity index (χ3v) is 5.46. The predicted molar refractivity (Wildman–Crippen MR) is 130 cm³/mol. The molecule has 0 saturated heterocycles. The van der Waals surface area contributed by atoms with Crippen molar-refractivity contribution in [2.45, 2.75) is 12.5 Å². The summed E-state index contributed by atoms with van der Waals surface area (Å²) < 4.78 is 5.17. The molecule has 1 unspecified atom stereocenters. The van der Waals surface area contributed by atoms with E-state index in [4.69, 9.17) is 4.42 Å². The molecule has 7 heteroatoms. The van der Waals surface area contributed by atoms with Crippen LogP contribution in [0.15, 0.2) is 102 Å². The molecule has 0 spiro atoms. The monoisotopic (exact) mass is 450 g/mol. The Morgan fingerprint density at radius 2 is 1.65 bits per heavy atom. The number of nitrogens with zero attached hydrogens (tertiary/aromatic N) is 1. The minimum atomic E-state index is -0.782. The molecule has 0 radical (unpaired) electrons. The van der Waals surface area contributed by atoms with Gasteiger partial charge >= 0.3 is 0 Å². The van der Waals surface area contributed by atoms with Crippen molar-refractivity contribution in [3.63, 3.8) is 0 Å². The lowest BCUT2D eigenvalue weighted by atomic mass is 10.0. The van der Waals surface area contributed by atoms with Gasteiger partial charge in [-0.05, 0) is 54.1 Å². The predicted octanol–water partition coefficient (Wildman–Crippen LogP) is 4.80. The number of H-pyrrole nitrogens is 1. The Labute approximate surface area is 195 Å². The van der Waals surface area contributed by atoms with Gasteiger partial charge in [0, 0.05) is 17.7 Å². The number of anilines is 1. The van der Waals surface area contributed by atoms with Crippen LogP contribution >= 0.6 is 0 Å². The van der Waals surface area contributed by atoms with Crippen LogP contribution in [0.4, 0.5) is 5.69 Å². The van der Waals surface area contributed by atoms with Crippen molar-refractivity contribution in [2.75, 3.05) is 5.32 Å². The van der Waals surface area contributed by atoms with Gasteiger partial charge in [0.05, 0.1) is 17.3 Å². The van der Waals surface area contributed by atoms with Gasteiger partial charge < -0.3 is 20.0 Å². The van der Waals surface area contributed by atoms with Gasteiger partial charge in [0.1, 0.15) is 11.9 Å². The first-order valence-electron chi connectivity index (χ1n) is 10.9. The molecule has 5 rings (SSSR count). The van der Waals surface area contributed by atoms with E-state index in [0.717, 1.165) is 28.0 Å². The number of aromatic amines is 1. The van der Waals surface area contributed by atoms with Gasteiger partial charge in [-0.3, -0.25) is 9.59 Å². The number of para-hydroxylation sites is 2. The summed E-state index contributed by atoms with van der Waals surface area (Å²) >= 11 is 0. The lowest BCUT2D eigenvalue weighted by Gasteiger charge is -2.18. The average Bonchev–Trinajstić information content (AvgIpc) is 3.55. The minimum absolute atomic E-state index is 0.154. The normalized spacial score (nSPS) is 11.8. The van der Waals surface area contributed by atoms with Crippen molar-refractivity contribution < 1.29 is 14.0 Å². The van der Waals surface area contributed by atoms with Crippen molar-refractivity contribution in [1.29, 1.82) is 0 Å². The molecule has 34 heavy (non-hydrogen) atoms. The number of carbonyl (C=O) groups excluding carboxylic acids is 2. The molecule has 0 aliphatic carbocycles. The van der Waals surface area contributed by atoms with Gasteiger partial charge in [-0.1, -0.05) is 42.5 Å². The molecule has 168 valence electrons. The highest BCUT2D eigenvalue weighted by molar-refractivity contribution is 6.00. The van der Waals surface area contributed by atoms with Gasteiger partial charge in [0.25, 0.3) is 5.91 Å². The Hall–Kier alpha value is -4.65. The van der Waals surface area contributed by atoms with Crippen LogP contribution in [0, 0.1) is 0 Å². The molecule has 3 N–H and O–H groups in total. The second kappa shape index (κ2) is 9.46. The first-order chi connectivity index (χ1) is 16.7. The summed E-state index contributed by atoms with van der Waals surface area (Å²) in [6.07, 6.45) is 1.76. The number of hydrogen-bond donors (Lipinski definition) is 3. The van der Waals surface area contributed by atoms with Gasteiger partial charge in [-0.15, -0.1) is 0 Å². The summed E-state index contributed by atoms with van der Waals surface area (Å²) in [7, 11) is 0. The summed E-state index contributed by atoms with van der Waals surface area (Å²) in [5.41, 5.74) is 4.32. The molecule has 7 nitrogen and oxygen atoms in total. The fourth-order valence-corrected chi connectivity index (χ4v) is 3.73. The van der Waals surface area contributed by atoms with E-state index in [-0.39, 0.29) is 11.7 Å². The summed E-state index contributed by atoms with van der Waals surface area (Å²) in [5, 5.41) is 5.68. The molecule has 3 aromatic carbocycles. The standard InChI is InChI=1S/C27H22N4O3/c32-26(23(17-18-7-2-1-3-8-18)31-27(33)24-11-6-16-34-24)28-20-14-12-19(13-15-20)25-29-21-9-4-5-10-22(21)30-25/h1-16,23H,17H2,(H,28,32)(H,29,30)(H,31,33). The molecular formula is C27H22N4O3. The number of carbonyl (C=O) groups is 2. The quantitative estimate of drug-likeness (QED) is 0.332. The molecule has 2 amide bonds. The highest BCUT2D eigenvalue weighted by Crippen LogP contribution is 2.22. The zero-order chi connectivity index (χ0) is 23.3. The lowest BCUT2D eigenvalue weighted by molar-refractivity contribution is -0.118. The van der Waals surface area contributed by atoms with Crippen molar-refractivity contribution >= 4 is 28.5 Å². The molecule has 5 aromatic rings. The van der Waals surface area contributed by atoms with Crippen LogP contribution in [0.25, 0.3) is 22.4 Å². The maximum atomic E-state index is 13.1. The number of benzene rings is 3. The Balaban J connectivity index is 1.32. The summed E-state index contributed by atoms with van der Waals surface area (Å²) in [4.78, 5) is 33.6. The van der Waals surface area contributed by atoms with Gasteiger partial charge in [-0.25, -0.2) is 4.98 Å². The number of amides is 2. The van der Waals surface area contributed by atoms with Crippen LogP contribution in [-0.2, 0) is 11.2 Å². The number of imidazole rings is 1. The zero-order valence-electron chi connectivity index (χ0n) is 18.2. The van der Waals surface area contributed by atoms with E-state index >= 15 is 0 Å². The van der Waals surface area contributed by atoms with Crippen molar-refractivity contribution in [3.05, 3.63) is 109 Å². The molecule has 1 atom stereocenters. The van der Waals surface area contributed by atoms with E-state index in [0.29, 0.717) is 12.1 Å². The van der Waals surface area contributed by atoms with Crippen LogP contribution in [0.2, 0.25) is 0 Å². The van der Waals surface area contributed by atoms with E-state index < -0.39 is 11.9 Å². The van der Waals surface area contributed by atoms with E-state index in [1.807, 2.05) is 78.9 Å². The van der Waals surface area contributed by atoms with Crippen LogP contribution in [0.1, 0.15) is 16.1 Å². The first kappa shape index (κ1) is 21.2. The third-order valence-electron chi connectivity index (χ3n) is 5.46. The zero-order valence-corrected chi connectivity index (χ0v) is 18.2. The van der Waals surface area contributed by atoms with E-state index in [9.17, 15) is 9.59 Å². The topological polar surface area (TPSA) is 100 Å². The van der Waals surface area contributed by atoms with Crippen LogP contribution in [-0.4, -0.2) is 27.8 Å².